The number of carboxylic acids is 1. The predicted octanol–water partition coefficient (Wildman–Crippen LogP) is 3.36. The van der Waals surface area contributed by atoms with E-state index >= 15 is 0 Å². The Balaban J connectivity index is 1.94. The summed E-state index contributed by atoms with van der Waals surface area (Å²) >= 11 is 0. The van der Waals surface area contributed by atoms with Gasteiger partial charge in [0.2, 0.25) is 5.91 Å². The summed E-state index contributed by atoms with van der Waals surface area (Å²) < 4.78 is 0. The number of benzene rings is 1. The molecular formula is C19H27NO3. The summed E-state index contributed by atoms with van der Waals surface area (Å²) in [5.41, 5.74) is -0.393. The van der Waals surface area contributed by atoms with Crippen LogP contribution in [-0.2, 0) is 15.0 Å². The van der Waals surface area contributed by atoms with Gasteiger partial charge in [-0.25, -0.2) is 0 Å². The topological polar surface area (TPSA) is 66.4 Å². The Morgan fingerprint density at radius 3 is 2.57 bits per heavy atom. The number of nitrogens with one attached hydrogen (secondary N) is 1. The molecule has 1 amide bonds. The summed E-state index contributed by atoms with van der Waals surface area (Å²) in [5.74, 6) is 0.171. The van der Waals surface area contributed by atoms with Crippen LogP contribution in [0.3, 0.4) is 0 Å². The van der Waals surface area contributed by atoms with Crippen molar-refractivity contribution in [2.24, 2.45) is 11.8 Å². The van der Waals surface area contributed by atoms with Gasteiger partial charge in [0.25, 0.3) is 0 Å². The van der Waals surface area contributed by atoms with Gasteiger partial charge in [0.05, 0.1) is 0 Å². The Bertz CT molecular complexity index is 543. The fourth-order valence-electron chi connectivity index (χ4n) is 3.46. The molecule has 4 nitrogen and oxygen atoms in total. The molecule has 1 saturated carbocycles. The number of carbonyl (C=O) groups is 2. The van der Waals surface area contributed by atoms with Crippen LogP contribution < -0.4 is 5.32 Å². The van der Waals surface area contributed by atoms with Gasteiger partial charge < -0.3 is 10.4 Å². The molecule has 1 aliphatic rings. The number of aliphatic carboxylic acids is 1. The molecule has 1 aromatic rings. The summed E-state index contributed by atoms with van der Waals surface area (Å²) in [5, 5.41) is 12.4. The molecule has 23 heavy (non-hydrogen) atoms. The number of rotatable bonds is 6. The average molecular weight is 317 g/mol. The highest BCUT2D eigenvalue weighted by Gasteiger charge is 2.35. The zero-order valence-electron chi connectivity index (χ0n) is 14.0. The van der Waals surface area contributed by atoms with Gasteiger partial charge in [-0.2, -0.15) is 0 Å². The molecule has 4 heteroatoms. The molecule has 126 valence electrons. The molecular weight excluding hydrogens is 290 g/mol. The van der Waals surface area contributed by atoms with E-state index in [1.165, 1.54) is 12.8 Å². The lowest BCUT2D eigenvalue weighted by Crippen LogP contribution is -2.44. The highest BCUT2D eigenvalue weighted by atomic mass is 16.4. The fraction of sp³-hybridized carbons (Fsp3) is 0.579. The van der Waals surface area contributed by atoms with E-state index in [0.29, 0.717) is 23.8 Å². The SMILES string of the molecule is CC1CCCC(CC(=O)NCC(C)(C(=O)O)c2ccccc2)C1. The zero-order chi connectivity index (χ0) is 16.9. The summed E-state index contributed by atoms with van der Waals surface area (Å²) in [7, 11) is 0. The molecule has 2 rings (SSSR count). The van der Waals surface area contributed by atoms with Crippen molar-refractivity contribution in [1.82, 2.24) is 5.32 Å². The highest BCUT2D eigenvalue weighted by Crippen LogP contribution is 2.30. The van der Waals surface area contributed by atoms with Crippen LogP contribution >= 0.6 is 0 Å². The maximum absolute atomic E-state index is 12.2. The van der Waals surface area contributed by atoms with E-state index in [1.807, 2.05) is 18.2 Å². The van der Waals surface area contributed by atoms with Crippen molar-refractivity contribution in [3.63, 3.8) is 0 Å². The second kappa shape index (κ2) is 7.62. The first kappa shape index (κ1) is 17.5. The van der Waals surface area contributed by atoms with E-state index in [-0.39, 0.29) is 12.5 Å². The van der Waals surface area contributed by atoms with Crippen molar-refractivity contribution >= 4 is 11.9 Å². The third-order valence-corrected chi connectivity index (χ3v) is 5.04. The number of carbonyl (C=O) groups excluding carboxylic acids is 1. The van der Waals surface area contributed by atoms with Crippen LogP contribution in [0.5, 0.6) is 0 Å². The summed E-state index contributed by atoms with van der Waals surface area (Å²) in [6.07, 6.45) is 5.16. The Kier molecular flexibility index (Phi) is 5.80. The minimum Gasteiger partial charge on any atom is -0.481 e. The van der Waals surface area contributed by atoms with Crippen LogP contribution in [0.25, 0.3) is 0 Å². The van der Waals surface area contributed by atoms with Crippen LogP contribution in [0.1, 0.15) is 51.5 Å². The maximum atomic E-state index is 12.2. The minimum absolute atomic E-state index is 0.0347. The van der Waals surface area contributed by atoms with E-state index in [9.17, 15) is 14.7 Å². The van der Waals surface area contributed by atoms with Gasteiger partial charge in [0.1, 0.15) is 5.41 Å². The van der Waals surface area contributed by atoms with Crippen molar-refractivity contribution in [3.05, 3.63) is 35.9 Å². The Morgan fingerprint density at radius 1 is 1.26 bits per heavy atom. The summed E-state index contributed by atoms with van der Waals surface area (Å²) in [6, 6.07) is 9.09. The van der Waals surface area contributed by atoms with Gasteiger partial charge in [-0.3, -0.25) is 9.59 Å². The van der Waals surface area contributed by atoms with Crippen LogP contribution in [0.2, 0.25) is 0 Å². The second-order valence-electron chi connectivity index (χ2n) is 7.12. The number of carboxylic acid groups (broad SMARTS) is 1. The van der Waals surface area contributed by atoms with Gasteiger partial charge in [-0.1, -0.05) is 50.1 Å². The molecule has 1 fully saturated rings. The van der Waals surface area contributed by atoms with Gasteiger partial charge in [0.15, 0.2) is 0 Å². The van der Waals surface area contributed by atoms with Gasteiger partial charge in [-0.05, 0) is 37.2 Å². The van der Waals surface area contributed by atoms with E-state index in [4.69, 9.17) is 0 Å². The first-order valence-corrected chi connectivity index (χ1v) is 8.47. The quantitative estimate of drug-likeness (QED) is 0.845. The zero-order valence-corrected chi connectivity index (χ0v) is 14.0. The first-order chi connectivity index (χ1) is 10.9. The third-order valence-electron chi connectivity index (χ3n) is 5.04. The Morgan fingerprint density at radius 2 is 1.96 bits per heavy atom. The average Bonchev–Trinajstić information content (AvgIpc) is 2.53. The van der Waals surface area contributed by atoms with Crippen LogP contribution in [0, 0.1) is 11.8 Å². The molecule has 1 aliphatic carbocycles. The van der Waals surface area contributed by atoms with E-state index in [1.54, 1.807) is 19.1 Å². The normalized spacial score (nSPS) is 23.7. The van der Waals surface area contributed by atoms with E-state index in [2.05, 4.69) is 12.2 Å². The standard InChI is InChI=1S/C19H27NO3/c1-14-7-6-8-15(11-14)12-17(21)20-13-19(2,18(22)23)16-9-4-3-5-10-16/h3-5,9-10,14-15H,6-8,11-13H2,1-2H3,(H,20,21)(H,22,23). The highest BCUT2D eigenvalue weighted by molar-refractivity contribution is 5.83. The molecule has 2 N–H and O–H groups in total. The fourth-order valence-corrected chi connectivity index (χ4v) is 3.46. The van der Waals surface area contributed by atoms with Crippen molar-refractivity contribution in [1.29, 1.82) is 0 Å². The molecule has 3 atom stereocenters. The summed E-state index contributed by atoms with van der Waals surface area (Å²) in [4.78, 5) is 23.9. The van der Waals surface area contributed by atoms with Crippen molar-refractivity contribution in [2.45, 2.75) is 51.4 Å². The maximum Gasteiger partial charge on any atom is 0.315 e. The smallest absolute Gasteiger partial charge is 0.315 e. The molecule has 0 heterocycles. The van der Waals surface area contributed by atoms with Gasteiger partial charge in [0, 0.05) is 13.0 Å². The van der Waals surface area contributed by atoms with Crippen LogP contribution in [-0.4, -0.2) is 23.5 Å². The largest absolute Gasteiger partial charge is 0.481 e. The van der Waals surface area contributed by atoms with Gasteiger partial charge >= 0.3 is 5.97 Å². The Hall–Kier alpha value is -1.84. The molecule has 0 aliphatic heterocycles. The molecule has 0 spiro atoms. The molecule has 3 unspecified atom stereocenters. The molecule has 0 aromatic heterocycles. The lowest BCUT2D eigenvalue weighted by molar-refractivity contribution is -0.143. The van der Waals surface area contributed by atoms with Crippen LogP contribution in [0.4, 0.5) is 0 Å². The first-order valence-electron chi connectivity index (χ1n) is 8.47. The van der Waals surface area contributed by atoms with E-state index < -0.39 is 11.4 Å². The van der Waals surface area contributed by atoms with Crippen molar-refractivity contribution in [2.75, 3.05) is 6.54 Å². The lowest BCUT2D eigenvalue weighted by atomic mass is 9.80. The third kappa shape index (κ3) is 4.57. The summed E-state index contributed by atoms with van der Waals surface area (Å²) in [6.45, 7) is 4.02. The monoisotopic (exact) mass is 317 g/mol. The second-order valence-corrected chi connectivity index (χ2v) is 7.12. The Labute approximate surface area is 138 Å². The van der Waals surface area contributed by atoms with E-state index in [0.717, 1.165) is 12.8 Å². The number of hydrogen-bond donors (Lipinski definition) is 2. The van der Waals surface area contributed by atoms with Gasteiger partial charge in [-0.15, -0.1) is 0 Å². The molecule has 1 aromatic carbocycles. The molecule has 0 saturated heterocycles. The predicted molar refractivity (Wildman–Crippen MR) is 90.2 cm³/mol. The molecule has 0 radical (unpaired) electrons. The number of hydrogen-bond acceptors (Lipinski definition) is 2. The minimum atomic E-state index is -1.10. The van der Waals surface area contributed by atoms with Crippen molar-refractivity contribution in [3.8, 4) is 0 Å². The van der Waals surface area contributed by atoms with Crippen LogP contribution in [0.15, 0.2) is 30.3 Å². The van der Waals surface area contributed by atoms with Crippen molar-refractivity contribution < 1.29 is 14.7 Å². The number of amides is 1. The lowest BCUT2D eigenvalue weighted by Gasteiger charge is -2.28. The molecule has 0 bridgehead atoms.